The number of unbranched alkanes of at least 4 members (excludes halogenated alkanes) is 25. The van der Waals surface area contributed by atoms with Gasteiger partial charge < -0.3 is 34.2 Å². The Morgan fingerprint density at radius 1 is 0.282 bits per heavy atom. The van der Waals surface area contributed by atoms with Crippen LogP contribution >= 0.6 is 15.6 Å². The molecule has 0 radical (unpaired) electrons. The predicted octanol–water partition coefficient (Wildman–Crippen LogP) is 23.4. The number of ether oxygens (including phenoxy) is 3. The molecule has 0 aliphatic carbocycles. The SMILES string of the molecule is CC/C=C\C/C=C\C/C=C\C/C=C\C/C=C\C/C=C\CCCCCCCCCCC(=O)OCC(O)COP(=O)(O)OCC(O)COP(=O)(O)OCC(COC(=O)CCCCCCC/C=C\C/C=C\C/C=C\C/C=C\CCCCC)OC(=O)CCCCCCCC/C=C\C/C=C\C/C=C\CCCCC. The molecular weight excluding hydrogens is 1340 g/mol. The number of allylic oxidation sites excluding steroid dienone is 26. The summed E-state index contributed by atoms with van der Waals surface area (Å²) in [6, 6.07) is 0. The second-order valence-electron chi connectivity index (χ2n) is 26.1. The summed E-state index contributed by atoms with van der Waals surface area (Å²) in [5, 5.41) is 20.6. The summed E-state index contributed by atoms with van der Waals surface area (Å²) in [4.78, 5) is 58.7. The lowest BCUT2D eigenvalue weighted by Gasteiger charge is -2.21. The monoisotopic (exact) mass is 1480 g/mol. The number of hydrogen-bond acceptors (Lipinski definition) is 14. The van der Waals surface area contributed by atoms with Gasteiger partial charge in [0.2, 0.25) is 0 Å². The first-order valence-electron chi connectivity index (χ1n) is 39.8. The Morgan fingerprint density at radius 2 is 0.515 bits per heavy atom. The highest BCUT2D eigenvalue weighted by Gasteiger charge is 2.29. The molecule has 5 atom stereocenters. The van der Waals surface area contributed by atoms with Gasteiger partial charge in [0.05, 0.1) is 26.4 Å². The smallest absolute Gasteiger partial charge is 0.463 e. The van der Waals surface area contributed by atoms with Gasteiger partial charge in [0.1, 0.15) is 25.4 Å². The van der Waals surface area contributed by atoms with E-state index in [-0.39, 0.29) is 19.3 Å². The summed E-state index contributed by atoms with van der Waals surface area (Å²) in [5.74, 6) is -1.62. The van der Waals surface area contributed by atoms with Crippen molar-refractivity contribution in [3.63, 3.8) is 0 Å². The van der Waals surface area contributed by atoms with Crippen molar-refractivity contribution in [2.75, 3.05) is 39.6 Å². The fraction of sp³-hybridized carbons (Fsp3) is 0.659. The highest BCUT2D eigenvalue weighted by Crippen LogP contribution is 2.45. The van der Waals surface area contributed by atoms with Crippen LogP contribution in [0.15, 0.2) is 158 Å². The first-order valence-corrected chi connectivity index (χ1v) is 42.8. The summed E-state index contributed by atoms with van der Waals surface area (Å²) in [7, 11) is -9.81. The van der Waals surface area contributed by atoms with Crippen LogP contribution in [0.3, 0.4) is 0 Å². The maximum absolute atomic E-state index is 13.0. The van der Waals surface area contributed by atoms with Crippen molar-refractivity contribution >= 4 is 33.6 Å². The number of esters is 3. The molecule has 0 amide bonds. The normalized spacial score (nSPS) is 14.8. The van der Waals surface area contributed by atoms with Crippen molar-refractivity contribution in [2.45, 2.75) is 322 Å². The Bertz CT molecular complexity index is 2500. The molecule has 0 aliphatic heterocycles. The molecule has 0 aromatic carbocycles. The van der Waals surface area contributed by atoms with Gasteiger partial charge in [-0.2, -0.15) is 0 Å². The molecule has 588 valence electrons. The van der Waals surface area contributed by atoms with Gasteiger partial charge in [-0.25, -0.2) is 9.13 Å². The van der Waals surface area contributed by atoms with Crippen molar-refractivity contribution in [1.82, 2.24) is 0 Å². The van der Waals surface area contributed by atoms with E-state index in [2.05, 4.69) is 179 Å². The minimum absolute atomic E-state index is 0.0808. The average molecular weight is 1480 g/mol. The standard InChI is InChI=1S/C85H142O16P2/c1-4-7-10-13-16-19-22-25-28-31-34-36-37-38-39-40-41-43-46-47-50-53-56-59-62-65-68-71-83(88)95-74-80(86)75-97-102(91,92)98-76-81(87)77-99-103(93,94)100-79-82(101-85(90)73-70-67-64-61-58-55-52-49-44-33-30-27-24-21-18-15-12-9-6-3)78-96-84(89)72-69-66-63-60-57-54-51-48-45-42-35-32-29-26-23-20-17-14-11-8-5-2/h7,10,16-21,25-30,34-36,38-39,41-44,48-49,51,80-82,86-87H,4-6,8-9,11-15,22-24,31-33,37,40,45-47,50,52-79H2,1-3H3,(H,91,92)(H,93,94)/b10-7-,19-16-,20-17-,21-18-,28-25-,29-26-,30-27-,36-34-,39-38-,42-35-,43-41-,49-44-,51-48-. The van der Waals surface area contributed by atoms with E-state index in [0.29, 0.717) is 19.3 Å². The van der Waals surface area contributed by atoms with Gasteiger partial charge >= 0.3 is 33.6 Å². The van der Waals surface area contributed by atoms with Crippen molar-refractivity contribution in [3.8, 4) is 0 Å². The molecule has 4 N–H and O–H groups in total. The third-order valence-electron chi connectivity index (χ3n) is 16.2. The van der Waals surface area contributed by atoms with E-state index in [0.717, 1.165) is 180 Å². The van der Waals surface area contributed by atoms with E-state index in [1.54, 1.807) is 0 Å². The Morgan fingerprint density at radius 3 is 0.816 bits per heavy atom. The fourth-order valence-corrected chi connectivity index (χ4v) is 11.7. The van der Waals surface area contributed by atoms with Crippen LogP contribution in [0.5, 0.6) is 0 Å². The lowest BCUT2D eigenvalue weighted by atomic mass is 10.1. The quantitative estimate of drug-likeness (QED) is 0.0146. The van der Waals surface area contributed by atoms with E-state index in [1.807, 2.05) is 0 Å². The summed E-state index contributed by atoms with van der Waals surface area (Å²) < 4.78 is 61.2. The molecular formula is C85H142O16P2. The highest BCUT2D eigenvalue weighted by atomic mass is 31.2. The van der Waals surface area contributed by atoms with Gasteiger partial charge in [0.15, 0.2) is 6.10 Å². The third kappa shape index (κ3) is 78.1. The maximum atomic E-state index is 13.0. The number of carbonyl (C=O) groups excluding carboxylic acids is 3. The number of carbonyl (C=O) groups is 3. The van der Waals surface area contributed by atoms with Crippen molar-refractivity contribution in [3.05, 3.63) is 158 Å². The topological polar surface area (TPSA) is 231 Å². The Hall–Kier alpha value is -4.83. The molecule has 5 unspecified atom stereocenters. The molecule has 16 nitrogen and oxygen atoms in total. The number of aliphatic hydroxyl groups is 2. The molecule has 0 saturated heterocycles. The number of rotatable bonds is 74. The lowest BCUT2D eigenvalue weighted by molar-refractivity contribution is -0.161. The Kier molecular flexibility index (Phi) is 73.2. The number of hydrogen-bond donors (Lipinski definition) is 4. The number of aliphatic hydroxyl groups excluding tert-OH is 2. The predicted molar refractivity (Wildman–Crippen MR) is 426 cm³/mol. The molecule has 0 bridgehead atoms. The molecule has 0 saturated carbocycles. The van der Waals surface area contributed by atoms with E-state index in [9.17, 15) is 43.5 Å². The molecule has 0 fully saturated rings. The van der Waals surface area contributed by atoms with Crippen molar-refractivity contribution in [2.24, 2.45) is 0 Å². The summed E-state index contributed by atoms with van der Waals surface area (Å²) in [6.07, 6.45) is 95.5. The summed E-state index contributed by atoms with van der Waals surface area (Å²) >= 11 is 0. The summed E-state index contributed by atoms with van der Waals surface area (Å²) in [5.41, 5.74) is 0. The lowest BCUT2D eigenvalue weighted by Crippen LogP contribution is -2.30. The van der Waals surface area contributed by atoms with Gasteiger partial charge in [0.25, 0.3) is 0 Å². The zero-order valence-corrected chi connectivity index (χ0v) is 66.0. The van der Waals surface area contributed by atoms with Gasteiger partial charge in [-0.15, -0.1) is 0 Å². The zero-order valence-electron chi connectivity index (χ0n) is 64.2. The van der Waals surface area contributed by atoms with Gasteiger partial charge in [-0.3, -0.25) is 32.5 Å². The van der Waals surface area contributed by atoms with Crippen LogP contribution < -0.4 is 0 Å². The van der Waals surface area contributed by atoms with Crippen LogP contribution in [-0.2, 0) is 55.8 Å². The van der Waals surface area contributed by atoms with Crippen LogP contribution in [-0.4, -0.2) is 95.9 Å². The van der Waals surface area contributed by atoms with E-state index in [1.165, 1.54) is 64.2 Å². The molecule has 0 aliphatic rings. The molecule has 0 spiro atoms. The third-order valence-corrected chi connectivity index (χ3v) is 18.1. The van der Waals surface area contributed by atoms with Gasteiger partial charge in [-0.05, 0) is 154 Å². The molecule has 0 aromatic heterocycles. The van der Waals surface area contributed by atoms with E-state index in [4.69, 9.17) is 32.3 Å². The van der Waals surface area contributed by atoms with E-state index >= 15 is 0 Å². The first-order chi connectivity index (χ1) is 50.2. The molecule has 18 heteroatoms. The van der Waals surface area contributed by atoms with Crippen LogP contribution in [0.4, 0.5) is 0 Å². The van der Waals surface area contributed by atoms with Crippen molar-refractivity contribution < 1.29 is 75.8 Å². The number of phosphoric acid groups is 2. The second kappa shape index (κ2) is 76.8. The second-order valence-corrected chi connectivity index (χ2v) is 29.0. The number of phosphoric ester groups is 2. The van der Waals surface area contributed by atoms with Crippen molar-refractivity contribution in [1.29, 1.82) is 0 Å². The molecule has 0 rings (SSSR count). The Balaban J connectivity index is 4.68. The maximum Gasteiger partial charge on any atom is 0.472 e. The zero-order chi connectivity index (χ0) is 75.2. The van der Waals surface area contributed by atoms with Crippen LogP contribution in [0.25, 0.3) is 0 Å². The molecule has 103 heavy (non-hydrogen) atoms. The van der Waals surface area contributed by atoms with Crippen LogP contribution in [0.2, 0.25) is 0 Å². The van der Waals surface area contributed by atoms with Gasteiger partial charge in [0, 0.05) is 19.3 Å². The largest absolute Gasteiger partial charge is 0.472 e. The Labute approximate surface area is 625 Å². The van der Waals surface area contributed by atoms with Crippen LogP contribution in [0.1, 0.15) is 303 Å². The minimum atomic E-state index is -4.95. The molecule has 0 aromatic rings. The first kappa shape index (κ1) is 98.2. The molecule has 0 heterocycles. The highest BCUT2D eigenvalue weighted by molar-refractivity contribution is 7.47. The fourth-order valence-electron chi connectivity index (χ4n) is 10.2. The summed E-state index contributed by atoms with van der Waals surface area (Å²) in [6.45, 7) is 2.46. The van der Waals surface area contributed by atoms with Crippen LogP contribution in [0, 0.1) is 0 Å². The van der Waals surface area contributed by atoms with E-state index < -0.39 is 91.5 Å². The minimum Gasteiger partial charge on any atom is -0.463 e. The van der Waals surface area contributed by atoms with Gasteiger partial charge in [-0.1, -0.05) is 288 Å². The average Bonchev–Trinajstić information content (AvgIpc) is 0.923.